The van der Waals surface area contributed by atoms with Crippen molar-refractivity contribution in [2.24, 2.45) is 0 Å². The van der Waals surface area contributed by atoms with Gasteiger partial charge in [0.05, 0.1) is 10.9 Å². The second-order valence-electron chi connectivity index (χ2n) is 6.17. The van der Waals surface area contributed by atoms with Gasteiger partial charge in [-0.05, 0) is 51.1 Å². The van der Waals surface area contributed by atoms with Gasteiger partial charge in [-0.25, -0.2) is 4.98 Å². The molecule has 0 amide bonds. The Bertz CT molecular complexity index is 770. The third-order valence-corrected chi connectivity index (χ3v) is 5.22. The minimum atomic E-state index is 0.0818. The first-order valence-electron chi connectivity index (χ1n) is 7.55. The number of hydrogen-bond acceptors (Lipinski definition) is 3. The van der Waals surface area contributed by atoms with Gasteiger partial charge in [0.25, 0.3) is 5.56 Å². The first kappa shape index (κ1) is 13.3. The molecule has 2 aliphatic heterocycles. The normalized spacial score (nSPS) is 25.6. The molecule has 1 fully saturated rings. The van der Waals surface area contributed by atoms with Gasteiger partial charge in [-0.2, -0.15) is 0 Å². The summed E-state index contributed by atoms with van der Waals surface area (Å²) in [7, 11) is 2.18. The molecule has 21 heavy (non-hydrogen) atoms. The van der Waals surface area contributed by atoms with E-state index >= 15 is 0 Å². The van der Waals surface area contributed by atoms with E-state index in [1.54, 1.807) is 18.2 Å². The second-order valence-corrected chi connectivity index (χ2v) is 6.61. The molecular formula is C16H18ClN3O. The highest BCUT2D eigenvalue weighted by Gasteiger charge is 2.36. The van der Waals surface area contributed by atoms with Crippen molar-refractivity contribution in [3.8, 4) is 0 Å². The van der Waals surface area contributed by atoms with E-state index in [-0.39, 0.29) is 5.56 Å². The Morgan fingerprint density at radius 2 is 2.14 bits per heavy atom. The second kappa shape index (κ2) is 4.82. The van der Waals surface area contributed by atoms with Crippen LogP contribution in [0.5, 0.6) is 0 Å². The van der Waals surface area contributed by atoms with E-state index in [0.717, 1.165) is 37.3 Å². The van der Waals surface area contributed by atoms with Crippen LogP contribution >= 0.6 is 11.6 Å². The van der Waals surface area contributed by atoms with Crippen LogP contribution in [0.3, 0.4) is 0 Å². The van der Waals surface area contributed by atoms with E-state index in [4.69, 9.17) is 16.6 Å². The van der Waals surface area contributed by atoms with Crippen LogP contribution in [0.4, 0.5) is 0 Å². The maximum Gasteiger partial charge on any atom is 0.261 e. The van der Waals surface area contributed by atoms with Gasteiger partial charge in [-0.15, -0.1) is 0 Å². The highest BCUT2D eigenvalue weighted by atomic mass is 35.5. The number of benzene rings is 1. The number of fused-ring (bicyclic) bond motifs is 4. The van der Waals surface area contributed by atoms with Gasteiger partial charge in [0.2, 0.25) is 0 Å². The van der Waals surface area contributed by atoms with Gasteiger partial charge >= 0.3 is 0 Å². The number of nitrogens with zero attached hydrogens (tertiary/aromatic N) is 3. The average molecular weight is 304 g/mol. The Morgan fingerprint density at radius 1 is 1.29 bits per heavy atom. The first-order chi connectivity index (χ1) is 10.1. The Balaban J connectivity index is 1.94. The number of halogens is 1. The predicted octanol–water partition coefficient (Wildman–Crippen LogP) is 2.63. The molecule has 2 aromatic rings. The third-order valence-electron chi connectivity index (χ3n) is 4.98. The quantitative estimate of drug-likeness (QED) is 0.751. The molecule has 0 bridgehead atoms. The molecular weight excluding hydrogens is 286 g/mol. The van der Waals surface area contributed by atoms with Crippen LogP contribution in [0.1, 0.15) is 31.0 Å². The Hall–Kier alpha value is -1.39. The first-order valence-corrected chi connectivity index (χ1v) is 7.93. The molecule has 5 heteroatoms. The van der Waals surface area contributed by atoms with Gasteiger partial charge < -0.3 is 4.90 Å². The van der Waals surface area contributed by atoms with E-state index < -0.39 is 0 Å². The molecule has 0 spiro atoms. The van der Waals surface area contributed by atoms with Crippen molar-refractivity contribution < 1.29 is 0 Å². The summed E-state index contributed by atoms with van der Waals surface area (Å²) in [5, 5.41) is 1.30. The summed E-state index contributed by atoms with van der Waals surface area (Å²) in [4.78, 5) is 19.9. The number of hydrogen-bond donors (Lipinski definition) is 0. The Labute approximate surface area is 128 Å². The molecule has 110 valence electrons. The number of likely N-dealkylation sites (tertiary alicyclic amines) is 1. The SMILES string of the molecule is CN1CCC[C@H]2c3nc4cc(Cl)ccc4c(=O)n3CC[C@H]21. The topological polar surface area (TPSA) is 38.1 Å². The van der Waals surface area contributed by atoms with Gasteiger partial charge in [0.1, 0.15) is 5.82 Å². The van der Waals surface area contributed by atoms with Crippen LogP contribution in [-0.4, -0.2) is 34.1 Å². The lowest BCUT2D eigenvalue weighted by molar-refractivity contribution is 0.123. The molecule has 4 rings (SSSR count). The molecule has 0 unspecified atom stereocenters. The molecule has 1 aromatic carbocycles. The van der Waals surface area contributed by atoms with Crippen LogP contribution in [0.15, 0.2) is 23.0 Å². The monoisotopic (exact) mass is 303 g/mol. The summed E-state index contributed by atoms with van der Waals surface area (Å²) in [6.45, 7) is 1.91. The fourth-order valence-electron chi connectivity index (χ4n) is 3.92. The third kappa shape index (κ3) is 2.00. The molecule has 0 aliphatic carbocycles. The van der Waals surface area contributed by atoms with E-state index in [0.29, 0.717) is 22.4 Å². The average Bonchev–Trinajstić information content (AvgIpc) is 2.47. The van der Waals surface area contributed by atoms with Crippen molar-refractivity contribution in [3.05, 3.63) is 39.4 Å². The van der Waals surface area contributed by atoms with Crippen molar-refractivity contribution in [1.29, 1.82) is 0 Å². The standard InChI is InChI=1S/C16H18ClN3O/c1-19-7-2-3-12-14(19)6-8-20-15(12)18-13-9-10(17)4-5-11(13)16(20)21/h4-5,9,12,14H,2-3,6-8H2,1H3/t12-,14-/m1/s1. The van der Waals surface area contributed by atoms with Gasteiger partial charge in [0.15, 0.2) is 0 Å². The van der Waals surface area contributed by atoms with E-state index in [1.807, 2.05) is 4.57 Å². The molecule has 1 saturated heterocycles. The number of piperidine rings is 1. The molecule has 1 aromatic heterocycles. The summed E-state index contributed by atoms with van der Waals surface area (Å²) in [6.07, 6.45) is 3.32. The van der Waals surface area contributed by atoms with Crippen LogP contribution < -0.4 is 5.56 Å². The lowest BCUT2D eigenvalue weighted by Crippen LogP contribution is -2.47. The van der Waals surface area contributed by atoms with Gasteiger partial charge in [-0.3, -0.25) is 9.36 Å². The zero-order valence-electron chi connectivity index (χ0n) is 12.1. The van der Waals surface area contributed by atoms with Crippen molar-refractivity contribution in [1.82, 2.24) is 14.5 Å². The van der Waals surface area contributed by atoms with E-state index in [1.165, 1.54) is 6.42 Å². The smallest absolute Gasteiger partial charge is 0.261 e. The lowest BCUT2D eigenvalue weighted by Gasteiger charge is -2.42. The molecule has 4 nitrogen and oxygen atoms in total. The highest BCUT2D eigenvalue weighted by Crippen LogP contribution is 2.36. The van der Waals surface area contributed by atoms with Crippen molar-refractivity contribution >= 4 is 22.5 Å². The lowest BCUT2D eigenvalue weighted by atomic mass is 9.84. The number of rotatable bonds is 0. The van der Waals surface area contributed by atoms with Crippen molar-refractivity contribution in [3.63, 3.8) is 0 Å². The van der Waals surface area contributed by atoms with Crippen molar-refractivity contribution in [2.45, 2.75) is 37.8 Å². The molecule has 0 radical (unpaired) electrons. The molecule has 0 N–H and O–H groups in total. The molecule has 2 atom stereocenters. The van der Waals surface area contributed by atoms with Gasteiger partial charge in [0, 0.05) is 23.5 Å². The van der Waals surface area contributed by atoms with E-state index in [2.05, 4.69) is 11.9 Å². The summed E-state index contributed by atoms with van der Waals surface area (Å²) >= 11 is 6.06. The number of aromatic nitrogens is 2. The van der Waals surface area contributed by atoms with Gasteiger partial charge in [-0.1, -0.05) is 11.6 Å². The maximum atomic E-state index is 12.7. The molecule has 3 heterocycles. The minimum Gasteiger partial charge on any atom is -0.303 e. The fourth-order valence-corrected chi connectivity index (χ4v) is 4.09. The summed E-state index contributed by atoms with van der Waals surface area (Å²) in [5.41, 5.74) is 0.811. The zero-order chi connectivity index (χ0) is 14.6. The number of likely N-dealkylation sites (N-methyl/N-ethyl adjacent to an activating group) is 1. The zero-order valence-corrected chi connectivity index (χ0v) is 12.8. The molecule has 0 saturated carbocycles. The van der Waals surface area contributed by atoms with Crippen LogP contribution in [0.2, 0.25) is 5.02 Å². The molecule has 2 aliphatic rings. The predicted molar refractivity (Wildman–Crippen MR) is 84.0 cm³/mol. The van der Waals surface area contributed by atoms with E-state index in [9.17, 15) is 4.79 Å². The fraction of sp³-hybridized carbons (Fsp3) is 0.500. The minimum absolute atomic E-state index is 0.0818. The van der Waals surface area contributed by atoms with Crippen LogP contribution in [0, 0.1) is 0 Å². The Morgan fingerprint density at radius 3 is 3.00 bits per heavy atom. The van der Waals surface area contributed by atoms with Crippen LogP contribution in [0.25, 0.3) is 10.9 Å². The largest absolute Gasteiger partial charge is 0.303 e. The highest BCUT2D eigenvalue weighted by molar-refractivity contribution is 6.31. The summed E-state index contributed by atoms with van der Waals surface area (Å²) in [6, 6.07) is 5.87. The summed E-state index contributed by atoms with van der Waals surface area (Å²) in [5.74, 6) is 1.33. The van der Waals surface area contributed by atoms with Crippen molar-refractivity contribution in [2.75, 3.05) is 13.6 Å². The maximum absolute atomic E-state index is 12.7. The van der Waals surface area contributed by atoms with Crippen LogP contribution in [-0.2, 0) is 6.54 Å². The Kier molecular flexibility index (Phi) is 3.05. The summed E-state index contributed by atoms with van der Waals surface area (Å²) < 4.78 is 1.89.